The smallest absolute Gasteiger partial charge is 0.306 e. The molecule has 0 radical (unpaired) electrons. The molecule has 0 spiro atoms. The minimum atomic E-state index is -0.770. The van der Waals surface area contributed by atoms with Gasteiger partial charge in [0.05, 0.1) is 0 Å². The lowest BCUT2D eigenvalue weighted by Crippen LogP contribution is -2.30. The van der Waals surface area contributed by atoms with Crippen molar-refractivity contribution in [1.29, 1.82) is 0 Å². The van der Waals surface area contributed by atoms with E-state index in [1.807, 2.05) is 0 Å². The van der Waals surface area contributed by atoms with Crippen LogP contribution in [-0.2, 0) is 28.6 Å². The van der Waals surface area contributed by atoms with Gasteiger partial charge in [0.1, 0.15) is 13.2 Å². The van der Waals surface area contributed by atoms with Crippen molar-refractivity contribution in [2.24, 2.45) is 0 Å². The van der Waals surface area contributed by atoms with Crippen molar-refractivity contribution in [3.8, 4) is 0 Å². The molecule has 0 aliphatic carbocycles. The van der Waals surface area contributed by atoms with Gasteiger partial charge in [0.15, 0.2) is 6.10 Å². The maximum absolute atomic E-state index is 12.8. The van der Waals surface area contributed by atoms with Gasteiger partial charge in [-0.15, -0.1) is 0 Å². The Kier molecular flexibility index (Phi) is 48.3. The highest BCUT2D eigenvalue weighted by Gasteiger charge is 2.19. The lowest BCUT2D eigenvalue weighted by atomic mass is 10.0. The number of allylic oxidation sites excluding steroid dienone is 2. The summed E-state index contributed by atoms with van der Waals surface area (Å²) in [4.78, 5) is 37.9. The molecule has 0 aromatic rings. The monoisotopic (exact) mass is 847 g/mol. The van der Waals surface area contributed by atoms with Crippen LogP contribution in [0.15, 0.2) is 12.2 Å². The zero-order valence-corrected chi connectivity index (χ0v) is 40.5. The number of hydrogen-bond donors (Lipinski definition) is 0. The molecule has 0 aromatic heterocycles. The Morgan fingerprint density at radius 3 is 0.850 bits per heavy atom. The van der Waals surface area contributed by atoms with E-state index in [0.717, 1.165) is 70.6 Å². The van der Waals surface area contributed by atoms with E-state index < -0.39 is 6.10 Å². The molecule has 0 heterocycles. The molecule has 0 saturated heterocycles. The molecule has 0 saturated carbocycles. The van der Waals surface area contributed by atoms with Gasteiger partial charge >= 0.3 is 17.9 Å². The first-order valence-electron chi connectivity index (χ1n) is 26.7. The molecule has 0 rings (SSSR count). The second kappa shape index (κ2) is 49.8. The number of hydrogen-bond acceptors (Lipinski definition) is 6. The van der Waals surface area contributed by atoms with E-state index in [-0.39, 0.29) is 31.1 Å². The zero-order valence-electron chi connectivity index (χ0n) is 40.5. The van der Waals surface area contributed by atoms with E-state index >= 15 is 0 Å². The molecule has 0 N–H and O–H groups in total. The average Bonchev–Trinajstić information content (AvgIpc) is 3.24. The summed E-state index contributed by atoms with van der Waals surface area (Å²) in [7, 11) is 0. The Bertz CT molecular complexity index is 931. The zero-order chi connectivity index (χ0) is 43.7. The van der Waals surface area contributed by atoms with E-state index in [1.165, 1.54) is 186 Å². The van der Waals surface area contributed by atoms with Gasteiger partial charge in [-0.25, -0.2) is 0 Å². The van der Waals surface area contributed by atoms with Crippen LogP contribution in [0.4, 0.5) is 0 Å². The molecule has 0 aliphatic rings. The Hall–Kier alpha value is -1.85. The van der Waals surface area contributed by atoms with Crippen LogP contribution in [0.5, 0.6) is 0 Å². The maximum Gasteiger partial charge on any atom is 0.306 e. The highest BCUT2D eigenvalue weighted by molar-refractivity contribution is 5.71. The van der Waals surface area contributed by atoms with Gasteiger partial charge in [0.25, 0.3) is 0 Å². The normalized spacial score (nSPS) is 12.0. The molecule has 6 heteroatoms. The summed E-state index contributed by atoms with van der Waals surface area (Å²) < 4.78 is 16.8. The van der Waals surface area contributed by atoms with Gasteiger partial charge in [0.2, 0.25) is 0 Å². The first-order valence-corrected chi connectivity index (χ1v) is 26.7. The number of esters is 3. The largest absolute Gasteiger partial charge is 0.462 e. The third-order valence-corrected chi connectivity index (χ3v) is 12.0. The van der Waals surface area contributed by atoms with Crippen LogP contribution < -0.4 is 0 Å². The van der Waals surface area contributed by atoms with Crippen molar-refractivity contribution in [3.05, 3.63) is 12.2 Å². The first kappa shape index (κ1) is 58.1. The van der Waals surface area contributed by atoms with Crippen molar-refractivity contribution >= 4 is 17.9 Å². The fourth-order valence-electron chi connectivity index (χ4n) is 7.97. The Morgan fingerprint density at radius 1 is 0.317 bits per heavy atom. The average molecular weight is 847 g/mol. The summed E-state index contributed by atoms with van der Waals surface area (Å²) in [5.41, 5.74) is 0. The number of rotatable bonds is 49. The highest BCUT2D eigenvalue weighted by Crippen LogP contribution is 2.16. The standard InChI is InChI=1S/C54H102O6/c1-4-7-10-13-16-19-21-23-25-26-27-28-29-31-32-35-38-41-44-47-53(56)59-50-51(49-58-52(55)46-43-40-37-34-18-15-12-9-6-3)60-54(57)48-45-42-39-36-33-30-24-22-20-17-14-11-8-5-2/h30,33,51H,4-29,31-32,34-50H2,1-3H3/b33-30-. The number of unbranched alkanes of at least 4 members (excludes halogenated alkanes) is 36. The van der Waals surface area contributed by atoms with Crippen molar-refractivity contribution in [2.45, 2.75) is 303 Å². The van der Waals surface area contributed by atoms with Gasteiger partial charge in [-0.05, 0) is 44.9 Å². The molecule has 0 bridgehead atoms. The molecule has 6 nitrogen and oxygen atoms in total. The third-order valence-electron chi connectivity index (χ3n) is 12.0. The SMILES string of the molecule is CCCCCCCCC/C=C\CCCCCC(=O)OC(COC(=O)CCCCCCCCCCC)COC(=O)CCCCCCCCCCCCCCCCCCCCC. The van der Waals surface area contributed by atoms with Gasteiger partial charge in [0, 0.05) is 19.3 Å². The van der Waals surface area contributed by atoms with Crippen LogP contribution in [0.25, 0.3) is 0 Å². The molecule has 0 aliphatic heterocycles. The molecule has 60 heavy (non-hydrogen) atoms. The lowest BCUT2D eigenvalue weighted by molar-refractivity contribution is -0.167. The number of carbonyl (C=O) groups excluding carboxylic acids is 3. The quantitative estimate of drug-likeness (QED) is 0.0263. The molecule has 354 valence electrons. The fourth-order valence-corrected chi connectivity index (χ4v) is 7.97. The number of ether oxygens (including phenoxy) is 3. The second-order valence-corrected chi connectivity index (χ2v) is 18.2. The van der Waals surface area contributed by atoms with Crippen LogP contribution in [0, 0.1) is 0 Å². The minimum absolute atomic E-state index is 0.0709. The summed E-state index contributed by atoms with van der Waals surface area (Å²) in [6.07, 6.45) is 54.9. The molecular formula is C54H102O6. The molecular weight excluding hydrogens is 745 g/mol. The molecule has 1 atom stereocenters. The van der Waals surface area contributed by atoms with Gasteiger partial charge in [-0.1, -0.05) is 245 Å². The van der Waals surface area contributed by atoms with Crippen molar-refractivity contribution in [3.63, 3.8) is 0 Å². The maximum atomic E-state index is 12.8. The van der Waals surface area contributed by atoms with Crippen molar-refractivity contribution in [2.75, 3.05) is 13.2 Å². The molecule has 0 aromatic carbocycles. The van der Waals surface area contributed by atoms with Crippen molar-refractivity contribution in [1.82, 2.24) is 0 Å². The van der Waals surface area contributed by atoms with E-state index in [2.05, 4.69) is 32.9 Å². The van der Waals surface area contributed by atoms with Crippen LogP contribution in [0.3, 0.4) is 0 Å². The topological polar surface area (TPSA) is 78.9 Å². The first-order chi connectivity index (χ1) is 29.5. The predicted octanol–water partition coefficient (Wildman–Crippen LogP) is 17.4. The van der Waals surface area contributed by atoms with Gasteiger partial charge in [-0.3, -0.25) is 14.4 Å². The third kappa shape index (κ3) is 47.2. The Labute approximate surface area is 373 Å². The van der Waals surface area contributed by atoms with E-state index in [4.69, 9.17) is 14.2 Å². The Morgan fingerprint density at radius 2 is 0.550 bits per heavy atom. The second-order valence-electron chi connectivity index (χ2n) is 18.2. The van der Waals surface area contributed by atoms with Crippen LogP contribution >= 0.6 is 0 Å². The van der Waals surface area contributed by atoms with Gasteiger partial charge < -0.3 is 14.2 Å². The summed E-state index contributed by atoms with van der Waals surface area (Å²) >= 11 is 0. The lowest BCUT2D eigenvalue weighted by Gasteiger charge is -2.18. The van der Waals surface area contributed by atoms with E-state index in [1.54, 1.807) is 0 Å². The molecule has 0 amide bonds. The van der Waals surface area contributed by atoms with Crippen LogP contribution in [0.2, 0.25) is 0 Å². The Balaban J connectivity index is 4.24. The van der Waals surface area contributed by atoms with E-state index in [0.29, 0.717) is 19.3 Å². The molecule has 0 fully saturated rings. The number of carbonyl (C=O) groups is 3. The fraction of sp³-hybridized carbons (Fsp3) is 0.907. The van der Waals surface area contributed by atoms with Crippen LogP contribution in [0.1, 0.15) is 297 Å². The predicted molar refractivity (Wildman–Crippen MR) is 256 cm³/mol. The minimum Gasteiger partial charge on any atom is -0.462 e. The summed E-state index contributed by atoms with van der Waals surface area (Å²) in [5, 5.41) is 0. The summed E-state index contributed by atoms with van der Waals surface area (Å²) in [6.45, 7) is 6.64. The van der Waals surface area contributed by atoms with Crippen LogP contribution in [-0.4, -0.2) is 37.2 Å². The molecule has 1 unspecified atom stereocenters. The van der Waals surface area contributed by atoms with Gasteiger partial charge in [-0.2, -0.15) is 0 Å². The van der Waals surface area contributed by atoms with Crippen molar-refractivity contribution < 1.29 is 28.6 Å². The summed E-state index contributed by atoms with van der Waals surface area (Å²) in [6, 6.07) is 0. The summed E-state index contributed by atoms with van der Waals surface area (Å²) in [5.74, 6) is -0.872. The van der Waals surface area contributed by atoms with E-state index in [9.17, 15) is 14.4 Å². The highest BCUT2D eigenvalue weighted by atomic mass is 16.6.